The van der Waals surface area contributed by atoms with Crippen LogP contribution in [0, 0.1) is 34.5 Å². The van der Waals surface area contributed by atoms with Gasteiger partial charge in [-0.15, -0.1) is 0 Å². The number of hydrogen-bond acceptors (Lipinski definition) is 3. The van der Waals surface area contributed by atoms with Crippen molar-refractivity contribution in [3.63, 3.8) is 0 Å². The summed E-state index contributed by atoms with van der Waals surface area (Å²) in [6, 6.07) is 0. The Morgan fingerprint density at radius 1 is 1.04 bits per heavy atom. The molecule has 2 unspecified atom stereocenters. The van der Waals surface area contributed by atoms with Crippen molar-refractivity contribution in [1.82, 2.24) is 0 Å². The van der Waals surface area contributed by atoms with Crippen LogP contribution in [0.1, 0.15) is 58.8 Å². The maximum Gasteiger partial charge on any atom is 0.184 e. The molecule has 4 heteroatoms. The van der Waals surface area contributed by atoms with Crippen molar-refractivity contribution in [1.29, 1.82) is 0 Å². The van der Waals surface area contributed by atoms with Crippen LogP contribution in [-0.2, 0) is 4.79 Å². The van der Waals surface area contributed by atoms with E-state index in [0.29, 0.717) is 23.2 Å². The molecule has 0 aromatic rings. The molecule has 0 aromatic heterocycles. The number of rotatable bonds is 0. The first-order chi connectivity index (χ1) is 10.8. The topological polar surface area (TPSA) is 57.5 Å². The lowest BCUT2D eigenvalue weighted by atomic mass is 9.45. The van der Waals surface area contributed by atoms with E-state index in [2.05, 4.69) is 6.92 Å². The van der Waals surface area contributed by atoms with Crippen LogP contribution in [0.2, 0.25) is 0 Å². The number of aliphatic hydroxyl groups is 2. The van der Waals surface area contributed by atoms with Gasteiger partial charge in [0.15, 0.2) is 5.78 Å². The average Bonchev–Trinajstić information content (AvgIpc) is 2.93. The minimum Gasteiger partial charge on any atom is -0.508 e. The molecule has 0 heterocycles. The Morgan fingerprint density at radius 2 is 1.78 bits per heavy atom. The summed E-state index contributed by atoms with van der Waals surface area (Å²) in [4.78, 5) is 13.0. The van der Waals surface area contributed by atoms with E-state index < -0.39 is 11.5 Å². The van der Waals surface area contributed by atoms with Gasteiger partial charge in [0, 0.05) is 11.3 Å². The quantitative estimate of drug-likeness (QED) is 0.696. The first kappa shape index (κ1) is 16.0. The van der Waals surface area contributed by atoms with Gasteiger partial charge >= 0.3 is 0 Å². The lowest BCUT2D eigenvalue weighted by molar-refractivity contribution is -0.157. The minimum atomic E-state index is -0.983. The van der Waals surface area contributed by atoms with Crippen LogP contribution in [0.25, 0.3) is 0 Å². The summed E-state index contributed by atoms with van der Waals surface area (Å²) in [5, 5.41) is 20.4. The van der Waals surface area contributed by atoms with E-state index in [9.17, 15) is 15.0 Å². The standard InChI is InChI=1S/C19H27ClO3/c1-18-8-3-4-11(18)10-5-6-13-15(21)16(22)14(20)17(23)19(13,2)12(10)7-9-18/h10-13,15,21-22H,3-9H2,1-2H3/t10-,11-,12-,13?,15?,18-,19+/m0/s1. The third-order valence-corrected chi connectivity index (χ3v) is 8.51. The zero-order chi connectivity index (χ0) is 16.6. The number of ketones is 1. The number of carbonyl (C=O) groups is 1. The lowest BCUT2D eigenvalue weighted by Gasteiger charge is -2.59. The number of allylic oxidation sites excluding steroid dienone is 1. The van der Waals surface area contributed by atoms with Crippen molar-refractivity contribution in [2.45, 2.75) is 64.9 Å². The predicted molar refractivity (Wildman–Crippen MR) is 89.0 cm³/mol. The molecule has 7 atom stereocenters. The Labute approximate surface area is 143 Å². The van der Waals surface area contributed by atoms with Crippen molar-refractivity contribution in [2.24, 2.45) is 34.5 Å². The van der Waals surface area contributed by atoms with Crippen molar-refractivity contribution >= 4 is 17.4 Å². The van der Waals surface area contributed by atoms with E-state index in [-0.39, 0.29) is 22.5 Å². The molecule has 0 radical (unpaired) electrons. The minimum absolute atomic E-state index is 0.128. The van der Waals surface area contributed by atoms with Gasteiger partial charge in [0.05, 0.1) is 0 Å². The van der Waals surface area contributed by atoms with E-state index in [1.54, 1.807) is 0 Å². The molecule has 4 aliphatic rings. The number of halogens is 1. The van der Waals surface area contributed by atoms with E-state index in [1.807, 2.05) is 6.92 Å². The maximum absolute atomic E-state index is 13.0. The molecule has 0 spiro atoms. The monoisotopic (exact) mass is 338 g/mol. The summed E-state index contributed by atoms with van der Waals surface area (Å²) in [5.74, 6) is 0.939. The third-order valence-electron chi connectivity index (χ3n) is 8.14. The summed E-state index contributed by atoms with van der Waals surface area (Å²) < 4.78 is 0. The maximum atomic E-state index is 13.0. The molecule has 0 aliphatic heterocycles. The number of fused-ring (bicyclic) bond motifs is 5. The van der Waals surface area contributed by atoms with Crippen molar-refractivity contribution in [3.05, 3.63) is 10.8 Å². The average molecular weight is 339 g/mol. The SMILES string of the molecule is C[C@@]12CCC[C@H]1[C@@H]1CCC3C(O)C(O)=C(Cl)C(=O)[C@]3(C)[C@H]1CC2. The number of carbonyl (C=O) groups excluding carboxylic acids is 1. The van der Waals surface area contributed by atoms with Gasteiger partial charge in [0.25, 0.3) is 0 Å². The highest BCUT2D eigenvalue weighted by atomic mass is 35.5. The van der Waals surface area contributed by atoms with Crippen LogP contribution in [-0.4, -0.2) is 22.1 Å². The second-order valence-electron chi connectivity index (χ2n) is 8.90. The molecule has 3 fully saturated rings. The fraction of sp³-hybridized carbons (Fsp3) is 0.842. The fourth-order valence-electron chi connectivity index (χ4n) is 6.87. The summed E-state index contributed by atoms with van der Waals surface area (Å²) in [7, 11) is 0. The first-order valence-electron chi connectivity index (χ1n) is 9.12. The van der Waals surface area contributed by atoms with Crippen LogP contribution in [0.5, 0.6) is 0 Å². The largest absolute Gasteiger partial charge is 0.508 e. The summed E-state index contributed by atoms with van der Waals surface area (Å²) >= 11 is 6.11. The van der Waals surface area contributed by atoms with Gasteiger partial charge in [-0.3, -0.25) is 4.79 Å². The van der Waals surface area contributed by atoms with Crippen LogP contribution >= 0.6 is 11.6 Å². The highest BCUT2D eigenvalue weighted by Crippen LogP contribution is 2.65. The Kier molecular flexibility index (Phi) is 3.46. The molecule has 0 saturated heterocycles. The molecule has 23 heavy (non-hydrogen) atoms. The normalized spacial score (nSPS) is 52.9. The summed E-state index contributed by atoms with van der Waals surface area (Å²) in [6.07, 6.45) is 7.03. The molecule has 4 aliphatic carbocycles. The second kappa shape index (κ2) is 4.98. The Bertz CT molecular complexity index is 585. The first-order valence-corrected chi connectivity index (χ1v) is 9.50. The molecular formula is C19H27ClO3. The predicted octanol–water partition coefficient (Wildman–Crippen LogP) is 4.19. The van der Waals surface area contributed by atoms with Crippen LogP contribution in [0.4, 0.5) is 0 Å². The zero-order valence-electron chi connectivity index (χ0n) is 14.0. The van der Waals surface area contributed by atoms with Crippen LogP contribution in [0.3, 0.4) is 0 Å². The van der Waals surface area contributed by atoms with Crippen molar-refractivity contribution in [3.8, 4) is 0 Å². The fourth-order valence-corrected chi connectivity index (χ4v) is 7.19. The van der Waals surface area contributed by atoms with Crippen LogP contribution in [0.15, 0.2) is 10.8 Å². The van der Waals surface area contributed by atoms with Gasteiger partial charge in [-0.1, -0.05) is 31.9 Å². The molecule has 0 aromatic carbocycles. The summed E-state index contributed by atoms with van der Waals surface area (Å²) in [5.41, 5.74) is -0.169. The number of aliphatic hydroxyl groups excluding tert-OH is 2. The number of hydrogen-bond donors (Lipinski definition) is 2. The van der Waals surface area contributed by atoms with Gasteiger partial charge in [-0.05, 0) is 61.7 Å². The third kappa shape index (κ3) is 1.90. The molecule has 4 rings (SSSR count). The highest BCUT2D eigenvalue weighted by molar-refractivity contribution is 6.43. The molecular weight excluding hydrogens is 312 g/mol. The molecule has 3 nitrogen and oxygen atoms in total. The number of Topliss-reactive ketones (excluding diaryl/α,β-unsaturated/α-hetero) is 1. The van der Waals surface area contributed by atoms with Gasteiger partial charge in [0.2, 0.25) is 0 Å². The molecule has 0 amide bonds. The zero-order valence-corrected chi connectivity index (χ0v) is 14.8. The molecule has 2 N–H and O–H groups in total. The highest BCUT2D eigenvalue weighted by Gasteiger charge is 2.63. The van der Waals surface area contributed by atoms with Gasteiger partial charge in [0.1, 0.15) is 16.9 Å². The Hall–Kier alpha value is -0.540. The smallest absolute Gasteiger partial charge is 0.184 e. The van der Waals surface area contributed by atoms with Crippen molar-refractivity contribution in [2.75, 3.05) is 0 Å². The Balaban J connectivity index is 1.76. The lowest BCUT2D eigenvalue weighted by Crippen LogP contribution is -2.59. The van der Waals surface area contributed by atoms with Gasteiger partial charge < -0.3 is 10.2 Å². The van der Waals surface area contributed by atoms with Crippen LogP contribution < -0.4 is 0 Å². The van der Waals surface area contributed by atoms with E-state index in [4.69, 9.17) is 11.6 Å². The van der Waals surface area contributed by atoms with E-state index in [0.717, 1.165) is 19.3 Å². The Morgan fingerprint density at radius 3 is 2.52 bits per heavy atom. The summed E-state index contributed by atoms with van der Waals surface area (Å²) in [6.45, 7) is 4.44. The van der Waals surface area contributed by atoms with Gasteiger partial charge in [-0.2, -0.15) is 0 Å². The molecule has 3 saturated carbocycles. The van der Waals surface area contributed by atoms with E-state index in [1.165, 1.54) is 25.7 Å². The van der Waals surface area contributed by atoms with Gasteiger partial charge in [-0.25, -0.2) is 0 Å². The van der Waals surface area contributed by atoms with Crippen molar-refractivity contribution < 1.29 is 15.0 Å². The van der Waals surface area contributed by atoms with E-state index >= 15 is 0 Å². The molecule has 0 bridgehead atoms. The second-order valence-corrected chi connectivity index (χ2v) is 9.28. The molecule has 128 valence electrons.